The fourth-order valence-electron chi connectivity index (χ4n) is 3.71. The summed E-state index contributed by atoms with van der Waals surface area (Å²) < 4.78 is 85.5. The molecule has 0 aliphatic carbocycles. The number of rotatable bonds is 1. The minimum absolute atomic E-state index is 0.0467. The molecule has 1 fully saturated rings. The summed E-state index contributed by atoms with van der Waals surface area (Å²) in [5, 5.41) is 2.89. The van der Waals surface area contributed by atoms with Crippen LogP contribution in [0.15, 0.2) is 30.3 Å². The lowest BCUT2D eigenvalue weighted by Crippen LogP contribution is -2.46. The van der Waals surface area contributed by atoms with E-state index in [2.05, 4.69) is 5.32 Å². The van der Waals surface area contributed by atoms with Gasteiger partial charge in [0.1, 0.15) is 6.23 Å². The van der Waals surface area contributed by atoms with Crippen molar-refractivity contribution in [2.75, 3.05) is 5.32 Å². The highest BCUT2D eigenvalue weighted by molar-refractivity contribution is 6.14. The first-order chi connectivity index (χ1) is 12.0. The molecule has 0 spiro atoms. The smallest absolute Gasteiger partial charge is 0.359 e. The van der Waals surface area contributed by atoms with Crippen LogP contribution in [0.5, 0.6) is 0 Å². The van der Waals surface area contributed by atoms with Crippen LogP contribution in [-0.4, -0.2) is 24.4 Å². The monoisotopic (exact) mass is 375 g/mol. The number of halogens is 6. The van der Waals surface area contributed by atoms with Crippen LogP contribution in [0.4, 0.5) is 32.0 Å². The summed E-state index contributed by atoms with van der Waals surface area (Å²) in [6.45, 7) is 0. The van der Waals surface area contributed by atoms with Crippen molar-refractivity contribution in [2.24, 2.45) is 0 Å². The molecule has 1 saturated heterocycles. The molecule has 2 aromatic rings. The van der Waals surface area contributed by atoms with Crippen LogP contribution in [0.3, 0.4) is 0 Å². The highest BCUT2D eigenvalue weighted by atomic mass is 19.4. The topological polar surface area (TPSA) is 38.3 Å². The fraction of sp³-hybridized carbons (Fsp3) is 0.353. The van der Waals surface area contributed by atoms with Gasteiger partial charge in [-0.2, -0.15) is 26.3 Å². The molecule has 0 unspecified atom stereocenters. The number of ether oxygens (including phenoxy) is 1. The molecule has 0 aromatic heterocycles. The number of carbonyl (C=O) groups excluding carboxylic acids is 1. The number of anilines is 1. The summed E-state index contributed by atoms with van der Waals surface area (Å²) >= 11 is 0. The number of carbonyl (C=O) groups is 1. The van der Waals surface area contributed by atoms with Crippen LogP contribution in [0.2, 0.25) is 0 Å². The van der Waals surface area contributed by atoms with Gasteiger partial charge in [0, 0.05) is 16.5 Å². The number of Topliss-reactive ketones (excluding diaryl/α,β-unsaturated/α-hetero) is 1. The second kappa shape index (κ2) is 5.12. The largest absolute Gasteiger partial charge is 0.454 e. The molecular weight excluding hydrogens is 364 g/mol. The van der Waals surface area contributed by atoms with Crippen LogP contribution < -0.4 is 5.32 Å². The molecule has 3 nitrogen and oxygen atoms in total. The zero-order valence-electron chi connectivity index (χ0n) is 13.0. The number of benzene rings is 2. The van der Waals surface area contributed by atoms with Gasteiger partial charge in [0.25, 0.3) is 5.78 Å². The van der Waals surface area contributed by atoms with E-state index < -0.39 is 47.5 Å². The average molecular weight is 375 g/mol. The Morgan fingerprint density at radius 1 is 1.12 bits per heavy atom. The summed E-state index contributed by atoms with van der Waals surface area (Å²) in [6, 6.07) is 6.27. The van der Waals surface area contributed by atoms with Crippen molar-refractivity contribution in [2.45, 2.75) is 37.0 Å². The molecule has 0 amide bonds. The van der Waals surface area contributed by atoms with E-state index in [0.29, 0.717) is 6.07 Å². The SMILES string of the molecule is O=C(c1cc2c(c3ccccc13)N[C@@H]1CC[C@]2(C(F)(F)F)O1)C(F)(F)F. The lowest BCUT2D eigenvalue weighted by atomic mass is 9.84. The molecule has 2 aliphatic heterocycles. The van der Waals surface area contributed by atoms with Crippen LogP contribution in [-0.2, 0) is 10.3 Å². The maximum atomic E-state index is 13.8. The Morgan fingerprint density at radius 3 is 2.38 bits per heavy atom. The van der Waals surface area contributed by atoms with Gasteiger partial charge >= 0.3 is 12.4 Å². The highest BCUT2D eigenvalue weighted by Crippen LogP contribution is 2.57. The number of hydrogen-bond acceptors (Lipinski definition) is 3. The van der Waals surface area contributed by atoms with Crippen molar-refractivity contribution in [1.29, 1.82) is 0 Å². The van der Waals surface area contributed by atoms with Crippen molar-refractivity contribution in [3.05, 3.63) is 41.5 Å². The average Bonchev–Trinajstić information content (AvgIpc) is 2.92. The quantitative estimate of drug-likeness (QED) is 0.569. The van der Waals surface area contributed by atoms with Gasteiger partial charge in [-0.3, -0.25) is 4.79 Å². The molecular formula is C17H11F6NO2. The Balaban J connectivity index is 2.08. The van der Waals surface area contributed by atoms with Gasteiger partial charge < -0.3 is 10.1 Å². The van der Waals surface area contributed by atoms with Gasteiger partial charge in [0.15, 0.2) is 5.60 Å². The molecule has 2 atom stereocenters. The van der Waals surface area contributed by atoms with E-state index in [9.17, 15) is 31.1 Å². The van der Waals surface area contributed by atoms with Crippen molar-refractivity contribution >= 4 is 22.2 Å². The van der Waals surface area contributed by atoms with E-state index >= 15 is 0 Å². The van der Waals surface area contributed by atoms with Crippen molar-refractivity contribution in [3.63, 3.8) is 0 Å². The number of hydrogen-bond donors (Lipinski definition) is 1. The Kier molecular flexibility index (Phi) is 3.38. The molecule has 26 heavy (non-hydrogen) atoms. The predicted octanol–water partition coefficient (Wildman–Crippen LogP) is 4.90. The molecule has 2 bridgehead atoms. The number of alkyl halides is 6. The Bertz CT molecular complexity index is 920. The molecule has 0 saturated carbocycles. The third kappa shape index (κ3) is 2.22. The van der Waals surface area contributed by atoms with Crippen LogP contribution in [0.1, 0.15) is 28.8 Å². The second-order valence-corrected chi connectivity index (χ2v) is 6.33. The summed E-state index contributed by atoms with van der Waals surface area (Å²) in [5.41, 5.74) is -3.95. The minimum atomic E-state index is -5.20. The molecule has 138 valence electrons. The van der Waals surface area contributed by atoms with E-state index in [1.54, 1.807) is 0 Å². The Labute approximate surface area is 142 Å². The minimum Gasteiger partial charge on any atom is -0.359 e. The predicted molar refractivity (Wildman–Crippen MR) is 79.8 cm³/mol. The first-order valence-corrected chi connectivity index (χ1v) is 7.73. The first kappa shape index (κ1) is 17.1. The lowest BCUT2D eigenvalue weighted by Gasteiger charge is -2.38. The maximum Gasteiger partial charge on any atom is 0.454 e. The molecule has 1 N–H and O–H groups in total. The second-order valence-electron chi connectivity index (χ2n) is 6.33. The molecule has 0 radical (unpaired) electrons. The van der Waals surface area contributed by atoms with Crippen LogP contribution in [0, 0.1) is 0 Å². The Morgan fingerprint density at radius 2 is 1.77 bits per heavy atom. The van der Waals surface area contributed by atoms with Gasteiger partial charge in [0.2, 0.25) is 0 Å². The molecule has 2 aromatic carbocycles. The van der Waals surface area contributed by atoms with Crippen LogP contribution in [0.25, 0.3) is 10.8 Å². The van der Waals surface area contributed by atoms with E-state index in [1.165, 1.54) is 24.3 Å². The summed E-state index contributed by atoms with van der Waals surface area (Å²) in [7, 11) is 0. The highest BCUT2D eigenvalue weighted by Gasteiger charge is 2.64. The molecule has 2 aliphatic rings. The van der Waals surface area contributed by atoms with E-state index in [1.807, 2.05) is 0 Å². The van der Waals surface area contributed by atoms with Gasteiger partial charge in [0.05, 0.1) is 5.69 Å². The summed E-state index contributed by atoms with van der Waals surface area (Å²) in [6.07, 6.45) is -11.3. The van der Waals surface area contributed by atoms with Gasteiger partial charge in [-0.15, -0.1) is 0 Å². The van der Waals surface area contributed by atoms with Crippen molar-refractivity contribution < 1.29 is 35.9 Å². The Hall–Kier alpha value is -2.29. The van der Waals surface area contributed by atoms with Crippen molar-refractivity contribution in [3.8, 4) is 0 Å². The number of fused-ring (bicyclic) bond motifs is 6. The normalized spacial score (nSPS) is 25.1. The van der Waals surface area contributed by atoms with Gasteiger partial charge in [-0.1, -0.05) is 24.3 Å². The number of ketones is 1. The van der Waals surface area contributed by atoms with Crippen LogP contribution >= 0.6 is 0 Å². The molecule has 2 heterocycles. The lowest BCUT2D eigenvalue weighted by molar-refractivity contribution is -0.278. The van der Waals surface area contributed by atoms with Gasteiger partial charge in [-0.05, 0) is 24.3 Å². The number of nitrogens with one attached hydrogen (secondary N) is 1. The zero-order valence-corrected chi connectivity index (χ0v) is 13.0. The third-order valence-electron chi connectivity index (χ3n) is 4.85. The molecule has 9 heteroatoms. The zero-order chi connectivity index (χ0) is 18.9. The van der Waals surface area contributed by atoms with E-state index in [4.69, 9.17) is 4.74 Å². The third-order valence-corrected chi connectivity index (χ3v) is 4.85. The summed E-state index contributed by atoms with van der Waals surface area (Å²) in [4.78, 5) is 11.9. The first-order valence-electron chi connectivity index (χ1n) is 7.73. The fourth-order valence-corrected chi connectivity index (χ4v) is 3.71. The maximum absolute atomic E-state index is 13.8. The van der Waals surface area contributed by atoms with Crippen molar-refractivity contribution in [1.82, 2.24) is 0 Å². The van der Waals surface area contributed by atoms with E-state index in [-0.39, 0.29) is 22.9 Å². The molecule has 4 rings (SSSR count). The summed E-state index contributed by atoms with van der Waals surface area (Å²) in [5.74, 6) is -2.19. The standard InChI is InChI=1S/C17H11F6NO2/c18-16(19,20)14(25)10-7-11-13(9-4-2-1-3-8(9)10)24-12-5-6-15(11,26-12)17(21,22)23/h1-4,7,12,24H,5-6H2/t12-,15-/m0/s1. The van der Waals surface area contributed by atoms with E-state index in [0.717, 1.165) is 0 Å². The van der Waals surface area contributed by atoms with Gasteiger partial charge in [-0.25, -0.2) is 0 Å².